The van der Waals surface area contributed by atoms with Crippen LogP contribution in [0.25, 0.3) is 0 Å². The SMILES string of the molecule is CSC1=C(C#N)[C@@H](c2cccs2)C2=C(CCCC2=O)N1. The summed E-state index contributed by atoms with van der Waals surface area (Å²) in [7, 11) is 0. The van der Waals surface area contributed by atoms with Crippen molar-refractivity contribution in [2.45, 2.75) is 25.2 Å². The summed E-state index contributed by atoms with van der Waals surface area (Å²) in [6, 6.07) is 6.31. The Morgan fingerprint density at radius 1 is 1.50 bits per heavy atom. The molecule has 3 nitrogen and oxygen atoms in total. The van der Waals surface area contributed by atoms with E-state index in [1.807, 2.05) is 23.8 Å². The van der Waals surface area contributed by atoms with Gasteiger partial charge in [-0.1, -0.05) is 6.07 Å². The molecule has 0 bridgehead atoms. The minimum atomic E-state index is -0.175. The van der Waals surface area contributed by atoms with E-state index in [1.165, 1.54) is 0 Å². The standard InChI is InChI=1S/C15H14N2OS2/c1-19-15-9(8-16)13(12-6-3-7-20-12)14-10(17-15)4-2-5-11(14)18/h3,6-7,13,17H,2,4-5H2,1H3/t13-/m0/s1. The Bertz CT molecular complexity index is 650. The van der Waals surface area contributed by atoms with Gasteiger partial charge in [-0.15, -0.1) is 23.1 Å². The molecule has 1 N–H and O–H groups in total. The third-order valence-corrected chi connectivity index (χ3v) is 5.36. The highest BCUT2D eigenvalue weighted by molar-refractivity contribution is 8.02. The zero-order valence-corrected chi connectivity index (χ0v) is 12.7. The quantitative estimate of drug-likeness (QED) is 0.908. The number of carbonyl (C=O) groups excluding carboxylic acids is 1. The summed E-state index contributed by atoms with van der Waals surface area (Å²) in [5.41, 5.74) is 2.50. The lowest BCUT2D eigenvalue weighted by molar-refractivity contribution is -0.116. The smallest absolute Gasteiger partial charge is 0.161 e. The van der Waals surface area contributed by atoms with Crippen molar-refractivity contribution in [2.75, 3.05) is 6.26 Å². The molecule has 1 aromatic rings. The molecule has 5 heteroatoms. The van der Waals surface area contributed by atoms with Crippen molar-refractivity contribution in [3.05, 3.63) is 44.3 Å². The van der Waals surface area contributed by atoms with Crippen molar-refractivity contribution in [1.29, 1.82) is 5.26 Å². The lowest BCUT2D eigenvalue weighted by Crippen LogP contribution is -2.30. The van der Waals surface area contributed by atoms with Crippen molar-refractivity contribution in [2.24, 2.45) is 0 Å². The molecule has 0 saturated heterocycles. The van der Waals surface area contributed by atoms with E-state index in [0.29, 0.717) is 12.0 Å². The number of nitriles is 1. The first-order chi connectivity index (χ1) is 9.76. The van der Waals surface area contributed by atoms with E-state index in [4.69, 9.17) is 0 Å². The summed E-state index contributed by atoms with van der Waals surface area (Å²) >= 11 is 3.15. The van der Waals surface area contributed by atoms with Gasteiger partial charge < -0.3 is 5.32 Å². The molecule has 0 saturated carbocycles. The fourth-order valence-corrected chi connectivity index (χ4v) is 4.28. The largest absolute Gasteiger partial charge is 0.352 e. The van der Waals surface area contributed by atoms with Crippen molar-refractivity contribution in [3.63, 3.8) is 0 Å². The molecule has 20 heavy (non-hydrogen) atoms. The number of Topliss-reactive ketones (excluding diaryl/α,β-unsaturated/α-hetero) is 1. The molecular weight excluding hydrogens is 288 g/mol. The third kappa shape index (κ3) is 2.09. The highest BCUT2D eigenvalue weighted by atomic mass is 32.2. The van der Waals surface area contributed by atoms with E-state index in [1.54, 1.807) is 23.1 Å². The van der Waals surface area contributed by atoms with E-state index >= 15 is 0 Å². The minimum absolute atomic E-state index is 0.175. The third-order valence-electron chi connectivity index (χ3n) is 3.69. The number of carbonyl (C=O) groups is 1. The fraction of sp³-hybridized carbons (Fsp3) is 0.333. The summed E-state index contributed by atoms with van der Waals surface area (Å²) in [6.07, 6.45) is 4.34. The summed E-state index contributed by atoms with van der Waals surface area (Å²) in [5.74, 6) is 0.0107. The zero-order chi connectivity index (χ0) is 14.1. The number of ketones is 1. The maximum atomic E-state index is 12.4. The van der Waals surface area contributed by atoms with Crippen LogP contribution in [0.5, 0.6) is 0 Å². The van der Waals surface area contributed by atoms with Crippen molar-refractivity contribution in [3.8, 4) is 6.07 Å². The maximum Gasteiger partial charge on any atom is 0.161 e. The first kappa shape index (κ1) is 13.5. The van der Waals surface area contributed by atoms with Gasteiger partial charge in [0, 0.05) is 22.6 Å². The molecule has 0 fully saturated rings. The Kier molecular flexibility index (Phi) is 3.68. The molecule has 1 aromatic heterocycles. The van der Waals surface area contributed by atoms with Crippen LogP contribution in [0.4, 0.5) is 0 Å². The second-order valence-corrected chi connectivity index (χ2v) is 6.60. The van der Waals surface area contributed by atoms with Gasteiger partial charge in [-0.05, 0) is 30.5 Å². The summed E-state index contributed by atoms with van der Waals surface area (Å²) < 4.78 is 0. The number of allylic oxidation sites excluding steroid dienone is 3. The zero-order valence-electron chi connectivity index (χ0n) is 11.1. The van der Waals surface area contributed by atoms with Gasteiger partial charge in [0.25, 0.3) is 0 Å². The minimum Gasteiger partial charge on any atom is -0.352 e. The first-order valence-corrected chi connectivity index (χ1v) is 8.61. The molecule has 0 unspecified atom stereocenters. The van der Waals surface area contributed by atoms with E-state index < -0.39 is 0 Å². The lowest BCUT2D eigenvalue weighted by atomic mass is 9.79. The second-order valence-electron chi connectivity index (χ2n) is 4.80. The van der Waals surface area contributed by atoms with Gasteiger partial charge in [-0.3, -0.25) is 4.79 Å². The van der Waals surface area contributed by atoms with Gasteiger partial charge in [-0.25, -0.2) is 0 Å². The number of rotatable bonds is 2. The predicted octanol–water partition coefficient (Wildman–Crippen LogP) is 3.54. The first-order valence-electron chi connectivity index (χ1n) is 6.51. The van der Waals surface area contributed by atoms with Crippen LogP contribution in [-0.2, 0) is 4.79 Å². The van der Waals surface area contributed by atoms with Crippen LogP contribution in [0.2, 0.25) is 0 Å². The number of thioether (sulfide) groups is 1. The van der Waals surface area contributed by atoms with Crippen molar-refractivity contribution in [1.82, 2.24) is 5.32 Å². The average molecular weight is 302 g/mol. The van der Waals surface area contributed by atoms with E-state index in [9.17, 15) is 10.1 Å². The average Bonchev–Trinajstić information content (AvgIpc) is 2.99. The molecule has 1 aliphatic carbocycles. The Labute approximate surface area is 126 Å². The monoisotopic (exact) mass is 302 g/mol. The van der Waals surface area contributed by atoms with Crippen LogP contribution in [0.15, 0.2) is 39.4 Å². The van der Waals surface area contributed by atoms with E-state index in [2.05, 4.69) is 11.4 Å². The molecular formula is C15H14N2OS2. The molecule has 1 aliphatic heterocycles. The van der Waals surface area contributed by atoms with E-state index in [0.717, 1.165) is 34.0 Å². The number of dihydropyridines is 1. The Morgan fingerprint density at radius 3 is 3.00 bits per heavy atom. The van der Waals surface area contributed by atoms with Crippen LogP contribution in [-0.4, -0.2) is 12.0 Å². The van der Waals surface area contributed by atoms with Gasteiger partial charge in [-0.2, -0.15) is 5.26 Å². The molecule has 2 aliphatic rings. The number of thiophene rings is 1. The number of hydrogen-bond acceptors (Lipinski definition) is 5. The molecule has 0 radical (unpaired) electrons. The number of hydrogen-bond donors (Lipinski definition) is 1. The number of nitrogens with zero attached hydrogens (tertiary/aromatic N) is 1. The maximum absolute atomic E-state index is 12.4. The normalized spacial score (nSPS) is 22.4. The molecule has 3 rings (SSSR count). The Morgan fingerprint density at radius 2 is 2.35 bits per heavy atom. The van der Waals surface area contributed by atoms with Crippen LogP contribution >= 0.6 is 23.1 Å². The predicted molar refractivity (Wildman–Crippen MR) is 82.2 cm³/mol. The van der Waals surface area contributed by atoms with Crippen LogP contribution in [0.3, 0.4) is 0 Å². The Balaban J connectivity index is 2.18. The molecule has 1 atom stereocenters. The van der Waals surface area contributed by atoms with Crippen molar-refractivity contribution >= 4 is 28.9 Å². The van der Waals surface area contributed by atoms with Crippen LogP contribution in [0, 0.1) is 11.3 Å². The molecule has 102 valence electrons. The highest BCUT2D eigenvalue weighted by Crippen LogP contribution is 2.44. The molecule has 0 spiro atoms. The van der Waals surface area contributed by atoms with Gasteiger partial charge in [0.05, 0.1) is 22.6 Å². The second kappa shape index (κ2) is 5.47. The number of nitrogens with one attached hydrogen (secondary N) is 1. The molecule has 0 amide bonds. The van der Waals surface area contributed by atoms with Crippen molar-refractivity contribution < 1.29 is 4.79 Å². The van der Waals surface area contributed by atoms with E-state index in [-0.39, 0.29) is 11.7 Å². The van der Waals surface area contributed by atoms with Gasteiger partial charge in [0.15, 0.2) is 5.78 Å². The van der Waals surface area contributed by atoms with Crippen LogP contribution < -0.4 is 5.32 Å². The topological polar surface area (TPSA) is 52.9 Å². The molecule has 0 aromatic carbocycles. The summed E-state index contributed by atoms with van der Waals surface area (Å²) in [5, 5.41) is 15.7. The Hall–Kier alpha value is -1.51. The fourth-order valence-electron chi connectivity index (χ4n) is 2.82. The van der Waals surface area contributed by atoms with Gasteiger partial charge in [0.1, 0.15) is 0 Å². The van der Waals surface area contributed by atoms with Crippen LogP contribution in [0.1, 0.15) is 30.1 Å². The summed E-state index contributed by atoms with van der Waals surface area (Å²) in [6.45, 7) is 0. The summed E-state index contributed by atoms with van der Waals surface area (Å²) in [4.78, 5) is 13.4. The lowest BCUT2D eigenvalue weighted by Gasteiger charge is -2.32. The molecule has 2 heterocycles. The van der Waals surface area contributed by atoms with Gasteiger partial charge >= 0.3 is 0 Å². The van der Waals surface area contributed by atoms with Gasteiger partial charge in [0.2, 0.25) is 0 Å². The highest BCUT2D eigenvalue weighted by Gasteiger charge is 2.37.